The molecule has 1 aromatic heterocycles. The minimum absolute atomic E-state index is 0.156. The molecule has 0 saturated heterocycles. The predicted octanol–water partition coefficient (Wildman–Crippen LogP) is 2.84. The van der Waals surface area contributed by atoms with Crippen LogP contribution in [0, 0.1) is 0 Å². The molecule has 0 atom stereocenters. The van der Waals surface area contributed by atoms with Crippen molar-refractivity contribution in [1.82, 2.24) is 15.0 Å². The molecule has 2 aromatic rings. The number of hydrogen-bond acceptors (Lipinski definition) is 5. The molecule has 0 aliphatic rings. The molecular formula is C17H23N3O3. The summed E-state index contributed by atoms with van der Waals surface area (Å²) in [5.41, 5.74) is 0. The number of nitrogens with zero attached hydrogens (tertiary/aromatic N) is 3. The van der Waals surface area contributed by atoms with Crippen LogP contribution in [0.5, 0.6) is 5.75 Å². The Morgan fingerprint density at radius 3 is 2.83 bits per heavy atom. The van der Waals surface area contributed by atoms with Crippen LogP contribution in [0.1, 0.15) is 37.9 Å². The highest BCUT2D eigenvalue weighted by molar-refractivity contribution is 5.75. The standard InChI is InChI=1S/C17H23N3O3/c1-3-4-10-17(21)20(2)12-11-15-18-16(23-19-15)13-22-14-8-6-5-7-9-14/h5-9H,3-4,10-13H2,1-2H3. The van der Waals surface area contributed by atoms with Gasteiger partial charge in [-0.1, -0.05) is 36.7 Å². The van der Waals surface area contributed by atoms with Gasteiger partial charge in [0.25, 0.3) is 5.89 Å². The summed E-state index contributed by atoms with van der Waals surface area (Å²) in [5.74, 6) is 1.94. The normalized spacial score (nSPS) is 10.5. The highest BCUT2D eigenvalue weighted by Gasteiger charge is 2.11. The molecule has 1 amide bonds. The maximum absolute atomic E-state index is 11.8. The van der Waals surface area contributed by atoms with E-state index >= 15 is 0 Å². The molecule has 0 aliphatic heterocycles. The second-order valence-corrected chi connectivity index (χ2v) is 5.37. The number of hydrogen-bond donors (Lipinski definition) is 0. The number of amides is 1. The number of carbonyl (C=O) groups excluding carboxylic acids is 1. The van der Waals surface area contributed by atoms with Gasteiger partial charge in [-0.3, -0.25) is 4.79 Å². The van der Waals surface area contributed by atoms with E-state index in [1.807, 2.05) is 30.3 Å². The fourth-order valence-corrected chi connectivity index (χ4v) is 2.02. The number of ether oxygens (including phenoxy) is 1. The number of aromatic nitrogens is 2. The molecule has 0 aliphatic carbocycles. The number of benzene rings is 1. The lowest BCUT2D eigenvalue weighted by atomic mass is 10.2. The SMILES string of the molecule is CCCCC(=O)N(C)CCc1noc(COc2ccccc2)n1. The lowest BCUT2D eigenvalue weighted by Crippen LogP contribution is -2.28. The summed E-state index contributed by atoms with van der Waals surface area (Å²) in [6.45, 7) is 2.90. The lowest BCUT2D eigenvalue weighted by Gasteiger charge is -2.15. The number of unbranched alkanes of at least 4 members (excludes halogenated alkanes) is 1. The average Bonchev–Trinajstić information content (AvgIpc) is 3.04. The van der Waals surface area contributed by atoms with Crippen molar-refractivity contribution in [3.05, 3.63) is 42.0 Å². The van der Waals surface area contributed by atoms with Gasteiger partial charge in [0.15, 0.2) is 12.4 Å². The van der Waals surface area contributed by atoms with Gasteiger partial charge in [-0.05, 0) is 18.6 Å². The van der Waals surface area contributed by atoms with Crippen molar-refractivity contribution in [3.63, 3.8) is 0 Å². The van der Waals surface area contributed by atoms with Crippen molar-refractivity contribution in [2.45, 2.75) is 39.2 Å². The van der Waals surface area contributed by atoms with Crippen molar-refractivity contribution < 1.29 is 14.1 Å². The molecule has 0 unspecified atom stereocenters. The minimum Gasteiger partial charge on any atom is -0.484 e. The van der Waals surface area contributed by atoms with Crippen LogP contribution in [0.25, 0.3) is 0 Å². The first-order valence-corrected chi connectivity index (χ1v) is 7.92. The smallest absolute Gasteiger partial charge is 0.264 e. The highest BCUT2D eigenvalue weighted by atomic mass is 16.5. The van der Waals surface area contributed by atoms with E-state index in [9.17, 15) is 4.79 Å². The third-order valence-electron chi connectivity index (χ3n) is 3.46. The van der Waals surface area contributed by atoms with Crippen molar-refractivity contribution in [3.8, 4) is 5.75 Å². The van der Waals surface area contributed by atoms with Gasteiger partial charge in [0.1, 0.15) is 5.75 Å². The molecule has 6 nitrogen and oxygen atoms in total. The number of carbonyl (C=O) groups is 1. The van der Waals surface area contributed by atoms with Gasteiger partial charge in [-0.2, -0.15) is 4.98 Å². The van der Waals surface area contributed by atoms with Crippen LogP contribution < -0.4 is 4.74 Å². The van der Waals surface area contributed by atoms with Crippen LogP contribution in [-0.2, 0) is 17.8 Å². The molecule has 0 bridgehead atoms. The Kier molecular flexibility index (Phi) is 6.59. The molecule has 0 radical (unpaired) electrons. The third-order valence-corrected chi connectivity index (χ3v) is 3.46. The first kappa shape index (κ1) is 17.0. The molecule has 1 heterocycles. The van der Waals surface area contributed by atoms with Crippen molar-refractivity contribution in [2.24, 2.45) is 0 Å². The average molecular weight is 317 g/mol. The van der Waals surface area contributed by atoms with Gasteiger partial charge in [0, 0.05) is 26.4 Å². The first-order valence-electron chi connectivity index (χ1n) is 7.92. The summed E-state index contributed by atoms with van der Waals surface area (Å²) >= 11 is 0. The molecule has 0 saturated carbocycles. The Morgan fingerprint density at radius 2 is 2.09 bits per heavy atom. The maximum atomic E-state index is 11.8. The van der Waals surface area contributed by atoms with Crippen LogP contribution in [-0.4, -0.2) is 34.5 Å². The monoisotopic (exact) mass is 317 g/mol. The number of para-hydroxylation sites is 1. The summed E-state index contributed by atoms with van der Waals surface area (Å²) in [6, 6.07) is 9.47. The van der Waals surface area contributed by atoms with Gasteiger partial charge in [0.05, 0.1) is 0 Å². The van der Waals surface area contributed by atoms with Gasteiger partial charge < -0.3 is 14.2 Å². The van der Waals surface area contributed by atoms with E-state index in [1.54, 1.807) is 11.9 Å². The highest BCUT2D eigenvalue weighted by Crippen LogP contribution is 2.11. The zero-order valence-electron chi connectivity index (χ0n) is 13.7. The maximum Gasteiger partial charge on any atom is 0.264 e. The molecule has 23 heavy (non-hydrogen) atoms. The molecule has 6 heteroatoms. The molecule has 0 spiro atoms. The third kappa shape index (κ3) is 5.73. The van der Waals surface area contributed by atoms with Crippen molar-refractivity contribution in [1.29, 1.82) is 0 Å². The summed E-state index contributed by atoms with van der Waals surface area (Å²) in [4.78, 5) is 17.8. The molecule has 124 valence electrons. The molecule has 0 fully saturated rings. The predicted molar refractivity (Wildman–Crippen MR) is 85.9 cm³/mol. The van der Waals surface area contributed by atoms with E-state index in [4.69, 9.17) is 9.26 Å². The summed E-state index contributed by atoms with van der Waals surface area (Å²) < 4.78 is 10.7. The summed E-state index contributed by atoms with van der Waals surface area (Å²) in [6.07, 6.45) is 3.11. The largest absolute Gasteiger partial charge is 0.484 e. The molecule has 0 N–H and O–H groups in total. The topological polar surface area (TPSA) is 68.5 Å². The van der Waals surface area contributed by atoms with Crippen LogP contribution in [0.3, 0.4) is 0 Å². The van der Waals surface area contributed by atoms with Crippen LogP contribution in [0.2, 0.25) is 0 Å². The fraction of sp³-hybridized carbons (Fsp3) is 0.471. The van der Waals surface area contributed by atoms with Crippen LogP contribution in [0.4, 0.5) is 0 Å². The fourth-order valence-electron chi connectivity index (χ4n) is 2.02. The Morgan fingerprint density at radius 1 is 1.30 bits per heavy atom. The van der Waals surface area contributed by atoms with E-state index in [2.05, 4.69) is 17.1 Å². The van der Waals surface area contributed by atoms with E-state index in [-0.39, 0.29) is 12.5 Å². The zero-order valence-corrected chi connectivity index (χ0v) is 13.7. The van der Waals surface area contributed by atoms with Crippen molar-refractivity contribution in [2.75, 3.05) is 13.6 Å². The Hall–Kier alpha value is -2.37. The summed E-state index contributed by atoms with van der Waals surface area (Å²) in [5, 5.41) is 3.92. The van der Waals surface area contributed by atoms with E-state index in [0.717, 1.165) is 18.6 Å². The second kappa shape index (κ2) is 8.92. The van der Waals surface area contributed by atoms with Gasteiger partial charge in [-0.15, -0.1) is 0 Å². The first-order chi connectivity index (χ1) is 11.2. The molecule has 2 rings (SSSR count). The Balaban J connectivity index is 1.75. The van der Waals surface area contributed by atoms with E-state index in [0.29, 0.717) is 31.1 Å². The van der Waals surface area contributed by atoms with E-state index in [1.165, 1.54) is 0 Å². The van der Waals surface area contributed by atoms with Crippen LogP contribution >= 0.6 is 0 Å². The zero-order chi connectivity index (χ0) is 16.5. The van der Waals surface area contributed by atoms with E-state index < -0.39 is 0 Å². The van der Waals surface area contributed by atoms with Gasteiger partial charge in [-0.25, -0.2) is 0 Å². The minimum atomic E-state index is 0.156. The number of rotatable bonds is 9. The Bertz CT molecular complexity index is 598. The molecular weight excluding hydrogens is 294 g/mol. The lowest BCUT2D eigenvalue weighted by molar-refractivity contribution is -0.130. The van der Waals surface area contributed by atoms with Crippen LogP contribution in [0.15, 0.2) is 34.9 Å². The Labute approximate surface area is 136 Å². The summed E-state index contributed by atoms with van der Waals surface area (Å²) in [7, 11) is 1.80. The quantitative estimate of drug-likeness (QED) is 0.711. The number of likely N-dealkylation sites (N-methyl/N-ethyl adjacent to an activating group) is 1. The second-order valence-electron chi connectivity index (χ2n) is 5.37. The van der Waals surface area contributed by atoms with Crippen molar-refractivity contribution >= 4 is 5.91 Å². The van der Waals surface area contributed by atoms with Gasteiger partial charge in [0.2, 0.25) is 5.91 Å². The van der Waals surface area contributed by atoms with Gasteiger partial charge >= 0.3 is 0 Å². The molecule has 1 aromatic carbocycles.